The lowest BCUT2D eigenvalue weighted by atomic mass is 9.90. The van der Waals surface area contributed by atoms with Gasteiger partial charge in [0.25, 0.3) is 11.5 Å². The van der Waals surface area contributed by atoms with E-state index in [-0.39, 0.29) is 11.5 Å². The Morgan fingerprint density at radius 1 is 1.12 bits per heavy atom. The maximum atomic E-state index is 14.3. The summed E-state index contributed by atoms with van der Waals surface area (Å²) in [5, 5.41) is 1.93. The number of allylic oxidation sites excluding steroid dienone is 1. The second-order valence-corrected chi connectivity index (χ2v) is 11.9. The van der Waals surface area contributed by atoms with Gasteiger partial charge < -0.3 is 14.5 Å². The molecule has 1 aliphatic heterocycles. The number of benzene rings is 3. The van der Waals surface area contributed by atoms with Crippen molar-refractivity contribution >= 4 is 55.7 Å². The Morgan fingerprint density at radius 3 is 2.51 bits per heavy atom. The summed E-state index contributed by atoms with van der Waals surface area (Å²) < 4.78 is 9.03. The molecule has 2 heterocycles. The molecule has 0 aliphatic carbocycles. The van der Waals surface area contributed by atoms with Crippen LogP contribution in [0.25, 0.3) is 16.8 Å². The van der Waals surface area contributed by atoms with Crippen LogP contribution in [0.4, 0.5) is 5.69 Å². The molecule has 1 aliphatic rings. The highest BCUT2D eigenvalue weighted by atomic mass is 79.9. The first-order chi connectivity index (χ1) is 19.7. The summed E-state index contributed by atoms with van der Waals surface area (Å²) in [6.45, 7) is 6.87. The van der Waals surface area contributed by atoms with Gasteiger partial charge in [-0.1, -0.05) is 47.7 Å². The highest BCUT2D eigenvalue weighted by molar-refractivity contribution is 9.10. The molecule has 0 saturated heterocycles. The second-order valence-electron chi connectivity index (χ2n) is 10.1. The van der Waals surface area contributed by atoms with Gasteiger partial charge in [-0.25, -0.2) is 4.99 Å². The number of hydrogen-bond donors (Lipinski definition) is 0. The maximum absolute atomic E-state index is 14.3. The molecule has 0 fully saturated rings. The van der Waals surface area contributed by atoms with Gasteiger partial charge in [-0.05, 0) is 77.3 Å². The molecular formula is C32H33BrN4O3S. The Kier molecular flexibility index (Phi) is 8.20. The van der Waals surface area contributed by atoms with Crippen molar-refractivity contribution in [3.63, 3.8) is 0 Å². The molecule has 1 amide bonds. The number of rotatable bonds is 7. The van der Waals surface area contributed by atoms with E-state index in [0.29, 0.717) is 39.4 Å². The minimum atomic E-state index is -0.703. The zero-order chi connectivity index (χ0) is 29.4. The summed E-state index contributed by atoms with van der Waals surface area (Å²) >= 11 is 4.98. The van der Waals surface area contributed by atoms with Crippen molar-refractivity contribution in [3.8, 4) is 5.75 Å². The number of anilines is 1. The molecule has 212 valence electrons. The predicted molar refractivity (Wildman–Crippen MR) is 171 cm³/mol. The van der Waals surface area contributed by atoms with Crippen molar-refractivity contribution < 1.29 is 9.53 Å². The average molecular weight is 634 g/mol. The highest BCUT2D eigenvalue weighted by Gasteiger charge is 2.36. The van der Waals surface area contributed by atoms with Crippen LogP contribution in [0.3, 0.4) is 0 Å². The van der Waals surface area contributed by atoms with Gasteiger partial charge in [-0.3, -0.25) is 14.2 Å². The Balaban J connectivity index is 1.82. The summed E-state index contributed by atoms with van der Waals surface area (Å²) in [5.41, 5.74) is 3.61. The number of fused-ring (bicyclic) bond motifs is 2. The fraction of sp³-hybridized carbons (Fsp3) is 0.281. The summed E-state index contributed by atoms with van der Waals surface area (Å²) in [6.07, 6.45) is 1.89. The van der Waals surface area contributed by atoms with Crippen molar-refractivity contribution in [3.05, 3.63) is 101 Å². The average Bonchev–Trinajstić information content (AvgIpc) is 3.26. The summed E-state index contributed by atoms with van der Waals surface area (Å²) in [6, 6.07) is 17.2. The SMILES string of the molecule is CCN(CC)C(=O)C1=C(C)N=c2s/c(=C/c3ccc(N(C)C)c(Br)c3)c(=O)n2[C@H]1c1c(OC)ccc2ccccc12. The van der Waals surface area contributed by atoms with Crippen LogP contribution in [-0.2, 0) is 4.79 Å². The van der Waals surface area contributed by atoms with Gasteiger partial charge in [-0.15, -0.1) is 0 Å². The molecule has 0 bridgehead atoms. The number of hydrogen-bond acceptors (Lipinski definition) is 6. The molecule has 0 N–H and O–H groups in total. The van der Waals surface area contributed by atoms with Crippen molar-refractivity contribution in [2.75, 3.05) is 39.2 Å². The molecule has 9 heteroatoms. The van der Waals surface area contributed by atoms with E-state index >= 15 is 0 Å². The van der Waals surface area contributed by atoms with E-state index in [1.165, 1.54) is 11.3 Å². The Hall–Kier alpha value is -3.69. The van der Waals surface area contributed by atoms with Gasteiger partial charge in [0.05, 0.1) is 28.6 Å². The summed E-state index contributed by atoms with van der Waals surface area (Å²) in [7, 11) is 5.59. The quantitative estimate of drug-likeness (QED) is 0.285. The molecular weight excluding hydrogens is 600 g/mol. The first-order valence-corrected chi connectivity index (χ1v) is 15.1. The van der Waals surface area contributed by atoms with Crippen LogP contribution in [0.2, 0.25) is 0 Å². The molecule has 5 rings (SSSR count). The van der Waals surface area contributed by atoms with Crippen LogP contribution in [0.5, 0.6) is 5.75 Å². The van der Waals surface area contributed by atoms with E-state index in [1.54, 1.807) is 16.6 Å². The number of carbonyl (C=O) groups is 1. The highest BCUT2D eigenvalue weighted by Crippen LogP contribution is 2.40. The Morgan fingerprint density at radius 2 is 1.85 bits per heavy atom. The van der Waals surface area contributed by atoms with E-state index in [2.05, 4.69) is 15.9 Å². The predicted octanol–water partition coefficient (Wildman–Crippen LogP) is 5.09. The molecule has 0 radical (unpaired) electrons. The molecule has 0 unspecified atom stereocenters. The second kappa shape index (κ2) is 11.7. The van der Waals surface area contributed by atoms with E-state index in [0.717, 1.165) is 32.1 Å². The minimum absolute atomic E-state index is 0.131. The lowest BCUT2D eigenvalue weighted by Crippen LogP contribution is -2.43. The van der Waals surface area contributed by atoms with Crippen LogP contribution in [0.1, 0.15) is 37.9 Å². The smallest absolute Gasteiger partial charge is 0.271 e. The third-order valence-electron chi connectivity index (χ3n) is 7.48. The third-order valence-corrected chi connectivity index (χ3v) is 9.10. The molecule has 0 spiro atoms. The van der Waals surface area contributed by atoms with Crippen molar-refractivity contribution in [2.24, 2.45) is 4.99 Å². The maximum Gasteiger partial charge on any atom is 0.271 e. The summed E-state index contributed by atoms with van der Waals surface area (Å²) in [5.74, 6) is 0.486. The molecule has 1 atom stereocenters. The van der Waals surface area contributed by atoms with Crippen molar-refractivity contribution in [1.82, 2.24) is 9.47 Å². The largest absolute Gasteiger partial charge is 0.496 e. The number of amides is 1. The van der Waals surface area contributed by atoms with E-state index in [1.807, 2.05) is 100 Å². The topological polar surface area (TPSA) is 67.1 Å². The van der Waals surface area contributed by atoms with Gasteiger partial charge in [0, 0.05) is 37.2 Å². The number of carbonyl (C=O) groups excluding carboxylic acids is 1. The van der Waals surface area contributed by atoms with E-state index in [4.69, 9.17) is 9.73 Å². The van der Waals surface area contributed by atoms with Crippen molar-refractivity contribution in [1.29, 1.82) is 0 Å². The van der Waals surface area contributed by atoms with Crippen LogP contribution < -0.4 is 24.5 Å². The zero-order valence-corrected chi connectivity index (χ0v) is 26.5. The Bertz CT molecular complexity index is 1870. The normalized spacial score (nSPS) is 15.1. The molecule has 0 saturated carbocycles. The summed E-state index contributed by atoms with van der Waals surface area (Å²) in [4.78, 5) is 37.5. The van der Waals surface area contributed by atoms with Gasteiger partial charge >= 0.3 is 0 Å². The first-order valence-electron chi connectivity index (χ1n) is 13.5. The standard InChI is InChI=1S/C32H33BrN4O3S/c1-7-36(8-2)31(39)27-19(3)34-32-37(29(27)28-22-12-10-9-11-21(22)14-16-25(28)40-6)30(38)26(41-32)18-20-13-15-24(35(4)5)23(33)17-20/h9-18,29H,7-8H2,1-6H3/b26-18+/t29-/m1/s1. The number of ether oxygens (including phenoxy) is 1. The molecule has 7 nitrogen and oxygen atoms in total. The van der Waals surface area contributed by atoms with E-state index in [9.17, 15) is 9.59 Å². The zero-order valence-electron chi connectivity index (χ0n) is 24.1. The van der Waals surface area contributed by atoms with Crippen LogP contribution in [-0.4, -0.2) is 49.7 Å². The molecule has 4 aromatic rings. The fourth-order valence-corrected chi connectivity index (χ4v) is 7.21. The van der Waals surface area contributed by atoms with Gasteiger partial charge in [0.15, 0.2) is 4.80 Å². The first kappa shape index (κ1) is 28.8. The van der Waals surface area contributed by atoms with Gasteiger partial charge in [-0.2, -0.15) is 0 Å². The third kappa shape index (κ3) is 5.13. The Labute approximate surface area is 251 Å². The number of likely N-dealkylation sites (N-methyl/N-ethyl adjacent to an activating group) is 1. The number of aromatic nitrogens is 1. The van der Waals surface area contributed by atoms with Gasteiger partial charge in [0.2, 0.25) is 0 Å². The van der Waals surface area contributed by atoms with Crippen molar-refractivity contribution in [2.45, 2.75) is 26.8 Å². The lowest BCUT2D eigenvalue weighted by Gasteiger charge is -2.30. The number of halogens is 1. The number of thiazole rings is 1. The number of methoxy groups -OCH3 is 1. The van der Waals surface area contributed by atoms with E-state index < -0.39 is 6.04 Å². The monoisotopic (exact) mass is 632 g/mol. The molecule has 1 aromatic heterocycles. The number of nitrogens with zero attached hydrogens (tertiary/aromatic N) is 4. The van der Waals surface area contributed by atoms with Gasteiger partial charge in [0.1, 0.15) is 11.8 Å². The molecule has 3 aromatic carbocycles. The fourth-order valence-electron chi connectivity index (χ4n) is 5.41. The van der Waals surface area contributed by atoms with Crippen LogP contribution in [0, 0.1) is 0 Å². The minimum Gasteiger partial charge on any atom is -0.496 e. The van der Waals surface area contributed by atoms with Crippen LogP contribution >= 0.6 is 27.3 Å². The lowest BCUT2D eigenvalue weighted by molar-refractivity contribution is -0.127. The van der Waals surface area contributed by atoms with Crippen LogP contribution in [0.15, 0.2) is 80.1 Å². The molecule has 41 heavy (non-hydrogen) atoms.